The minimum absolute atomic E-state index is 0.0357. The standard InChI is InChI=1S/C16H15N3O2/c1-10-6-5-9-19-14(11(2)17-15(10)19)16(21)18-12-7-3-4-8-13(12)20/h3-9,20H,1-2H3,(H,18,21). The number of phenolic OH excluding ortho intramolecular Hbond substituents is 1. The van der Waals surface area contributed by atoms with E-state index in [0.29, 0.717) is 17.1 Å². The predicted molar refractivity (Wildman–Crippen MR) is 80.7 cm³/mol. The molecule has 2 heterocycles. The number of aryl methyl sites for hydroxylation is 2. The van der Waals surface area contributed by atoms with Crippen molar-refractivity contribution in [3.05, 3.63) is 59.5 Å². The lowest BCUT2D eigenvalue weighted by Crippen LogP contribution is -2.15. The van der Waals surface area contributed by atoms with Gasteiger partial charge in [-0.2, -0.15) is 0 Å². The monoisotopic (exact) mass is 281 g/mol. The van der Waals surface area contributed by atoms with E-state index < -0.39 is 0 Å². The number of aromatic nitrogens is 2. The fourth-order valence-electron chi connectivity index (χ4n) is 2.35. The van der Waals surface area contributed by atoms with E-state index in [1.54, 1.807) is 29.5 Å². The number of nitrogens with zero attached hydrogens (tertiary/aromatic N) is 2. The van der Waals surface area contributed by atoms with Crippen molar-refractivity contribution >= 4 is 17.2 Å². The fourth-order valence-corrected chi connectivity index (χ4v) is 2.35. The van der Waals surface area contributed by atoms with Gasteiger partial charge >= 0.3 is 0 Å². The molecular weight excluding hydrogens is 266 g/mol. The number of amides is 1. The van der Waals surface area contributed by atoms with Gasteiger partial charge in [0.2, 0.25) is 0 Å². The SMILES string of the molecule is Cc1nc2c(C)cccn2c1C(=O)Nc1ccccc1O. The van der Waals surface area contributed by atoms with E-state index in [2.05, 4.69) is 10.3 Å². The average molecular weight is 281 g/mol. The molecule has 0 fully saturated rings. The number of fused-ring (bicyclic) bond motifs is 1. The molecule has 0 saturated heterocycles. The quantitative estimate of drug-likeness (QED) is 0.710. The van der Waals surface area contributed by atoms with E-state index in [1.165, 1.54) is 6.07 Å². The number of nitrogens with one attached hydrogen (secondary N) is 1. The topological polar surface area (TPSA) is 66.6 Å². The van der Waals surface area contributed by atoms with Gasteiger partial charge in [0.25, 0.3) is 5.91 Å². The van der Waals surface area contributed by atoms with Crippen LogP contribution < -0.4 is 5.32 Å². The molecule has 3 aromatic rings. The molecule has 0 bridgehead atoms. The van der Waals surface area contributed by atoms with Gasteiger partial charge in [0.15, 0.2) is 0 Å². The molecular formula is C16H15N3O2. The highest BCUT2D eigenvalue weighted by molar-refractivity contribution is 6.05. The van der Waals surface area contributed by atoms with E-state index in [9.17, 15) is 9.90 Å². The Morgan fingerprint density at radius 3 is 2.71 bits per heavy atom. The van der Waals surface area contributed by atoms with Gasteiger partial charge in [-0.1, -0.05) is 18.2 Å². The summed E-state index contributed by atoms with van der Waals surface area (Å²) in [6.07, 6.45) is 1.81. The summed E-state index contributed by atoms with van der Waals surface area (Å²) in [6, 6.07) is 10.5. The van der Waals surface area contributed by atoms with Gasteiger partial charge in [-0.15, -0.1) is 0 Å². The van der Waals surface area contributed by atoms with Gasteiger partial charge in [0.1, 0.15) is 17.1 Å². The van der Waals surface area contributed by atoms with Gasteiger partial charge in [0, 0.05) is 6.20 Å². The molecule has 3 rings (SSSR count). The van der Waals surface area contributed by atoms with Crippen LogP contribution >= 0.6 is 0 Å². The largest absolute Gasteiger partial charge is 0.506 e. The number of carbonyl (C=O) groups is 1. The molecule has 0 saturated carbocycles. The second-order valence-electron chi connectivity index (χ2n) is 4.90. The molecule has 0 radical (unpaired) electrons. The Morgan fingerprint density at radius 1 is 1.19 bits per heavy atom. The van der Waals surface area contributed by atoms with Crippen LogP contribution in [0.4, 0.5) is 5.69 Å². The highest BCUT2D eigenvalue weighted by atomic mass is 16.3. The number of aromatic hydroxyl groups is 1. The minimum atomic E-state index is -0.299. The first kappa shape index (κ1) is 13.2. The molecule has 1 aromatic carbocycles. The molecule has 0 aliphatic heterocycles. The summed E-state index contributed by atoms with van der Waals surface area (Å²) >= 11 is 0. The van der Waals surface area contributed by atoms with Crippen LogP contribution in [0.15, 0.2) is 42.6 Å². The van der Waals surface area contributed by atoms with Crippen molar-refractivity contribution in [2.75, 3.05) is 5.32 Å². The Morgan fingerprint density at radius 2 is 1.95 bits per heavy atom. The van der Waals surface area contributed by atoms with Gasteiger partial charge in [0.05, 0.1) is 11.4 Å². The number of imidazole rings is 1. The molecule has 0 aliphatic rings. The number of hydrogen-bond donors (Lipinski definition) is 2. The van der Waals surface area contributed by atoms with Crippen molar-refractivity contribution in [3.63, 3.8) is 0 Å². The van der Waals surface area contributed by atoms with Crippen LogP contribution in [0.1, 0.15) is 21.7 Å². The van der Waals surface area contributed by atoms with Gasteiger partial charge in [-0.05, 0) is 37.6 Å². The molecule has 0 unspecified atom stereocenters. The van der Waals surface area contributed by atoms with Crippen molar-refractivity contribution in [1.29, 1.82) is 0 Å². The van der Waals surface area contributed by atoms with Crippen molar-refractivity contribution in [3.8, 4) is 5.75 Å². The minimum Gasteiger partial charge on any atom is -0.506 e. The number of anilines is 1. The number of benzene rings is 1. The summed E-state index contributed by atoms with van der Waals surface area (Å²) in [6.45, 7) is 3.75. The second-order valence-corrected chi connectivity index (χ2v) is 4.90. The molecule has 0 aliphatic carbocycles. The van der Waals surface area contributed by atoms with Crippen LogP contribution in [-0.2, 0) is 0 Å². The summed E-state index contributed by atoms with van der Waals surface area (Å²) in [4.78, 5) is 16.9. The maximum absolute atomic E-state index is 12.5. The summed E-state index contributed by atoms with van der Waals surface area (Å²) in [7, 11) is 0. The summed E-state index contributed by atoms with van der Waals surface area (Å²) in [5, 5.41) is 12.5. The van der Waals surface area contributed by atoms with Gasteiger partial charge in [-0.25, -0.2) is 4.98 Å². The third-order valence-corrected chi connectivity index (χ3v) is 3.39. The number of carbonyl (C=O) groups excluding carboxylic acids is 1. The maximum Gasteiger partial charge on any atom is 0.274 e. The molecule has 21 heavy (non-hydrogen) atoms. The van der Waals surface area contributed by atoms with Gasteiger partial charge in [-0.3, -0.25) is 9.20 Å². The fraction of sp³-hybridized carbons (Fsp3) is 0.125. The normalized spacial score (nSPS) is 10.8. The van der Waals surface area contributed by atoms with E-state index >= 15 is 0 Å². The third kappa shape index (κ3) is 2.23. The molecule has 5 nitrogen and oxygen atoms in total. The second kappa shape index (κ2) is 4.94. The van der Waals surface area contributed by atoms with Crippen LogP contribution in [0.2, 0.25) is 0 Å². The molecule has 1 amide bonds. The lowest BCUT2D eigenvalue weighted by molar-refractivity contribution is 0.102. The van der Waals surface area contributed by atoms with E-state index in [4.69, 9.17) is 0 Å². The number of pyridine rings is 1. The lowest BCUT2D eigenvalue weighted by Gasteiger charge is -2.07. The van der Waals surface area contributed by atoms with Crippen molar-refractivity contribution < 1.29 is 9.90 Å². The van der Waals surface area contributed by atoms with Crippen LogP contribution in [0.5, 0.6) is 5.75 Å². The maximum atomic E-state index is 12.5. The Labute approximate surface area is 121 Å². The highest BCUT2D eigenvalue weighted by Gasteiger charge is 2.18. The lowest BCUT2D eigenvalue weighted by atomic mass is 10.2. The number of rotatable bonds is 2. The first-order valence-electron chi connectivity index (χ1n) is 6.61. The molecule has 5 heteroatoms. The zero-order valence-corrected chi connectivity index (χ0v) is 11.8. The average Bonchev–Trinajstić information content (AvgIpc) is 2.79. The highest BCUT2D eigenvalue weighted by Crippen LogP contribution is 2.23. The Bertz CT molecular complexity index is 837. The number of phenols is 1. The molecule has 0 atom stereocenters. The predicted octanol–water partition coefficient (Wildman–Crippen LogP) is 2.91. The Hall–Kier alpha value is -2.82. The van der Waals surface area contributed by atoms with Crippen LogP contribution in [-0.4, -0.2) is 20.4 Å². The van der Waals surface area contributed by atoms with Crippen LogP contribution in [0.25, 0.3) is 5.65 Å². The van der Waals surface area contributed by atoms with Gasteiger partial charge < -0.3 is 10.4 Å². The summed E-state index contributed by atoms with van der Waals surface area (Å²) in [5.74, 6) is -0.263. The zero-order chi connectivity index (χ0) is 15.0. The Kier molecular flexibility index (Phi) is 3.10. The van der Waals surface area contributed by atoms with E-state index in [1.807, 2.05) is 25.3 Å². The van der Waals surface area contributed by atoms with Crippen molar-refractivity contribution in [2.24, 2.45) is 0 Å². The first-order valence-corrected chi connectivity index (χ1v) is 6.61. The summed E-state index contributed by atoms with van der Waals surface area (Å²) in [5.41, 5.74) is 3.26. The van der Waals surface area contributed by atoms with E-state index in [-0.39, 0.29) is 11.7 Å². The number of para-hydroxylation sites is 2. The zero-order valence-electron chi connectivity index (χ0n) is 11.8. The van der Waals surface area contributed by atoms with Crippen LogP contribution in [0, 0.1) is 13.8 Å². The van der Waals surface area contributed by atoms with Crippen molar-refractivity contribution in [2.45, 2.75) is 13.8 Å². The van der Waals surface area contributed by atoms with Crippen molar-refractivity contribution in [1.82, 2.24) is 9.38 Å². The number of hydrogen-bond acceptors (Lipinski definition) is 3. The molecule has 0 spiro atoms. The molecule has 2 N–H and O–H groups in total. The Balaban J connectivity index is 2.05. The third-order valence-electron chi connectivity index (χ3n) is 3.39. The first-order chi connectivity index (χ1) is 10.1. The summed E-state index contributed by atoms with van der Waals surface area (Å²) < 4.78 is 1.76. The molecule has 2 aromatic heterocycles. The van der Waals surface area contributed by atoms with E-state index in [0.717, 1.165) is 11.2 Å². The molecule has 106 valence electrons. The van der Waals surface area contributed by atoms with Crippen LogP contribution in [0.3, 0.4) is 0 Å². The smallest absolute Gasteiger partial charge is 0.274 e.